The highest BCUT2D eigenvalue weighted by molar-refractivity contribution is 5.80. The third kappa shape index (κ3) is 3.09. The lowest BCUT2D eigenvalue weighted by Crippen LogP contribution is -2.60. The van der Waals surface area contributed by atoms with Gasteiger partial charge in [-0.05, 0) is 65.8 Å². The lowest BCUT2D eigenvalue weighted by atomic mass is 9.91. The summed E-state index contributed by atoms with van der Waals surface area (Å²) in [5.74, 6) is -0.402. The van der Waals surface area contributed by atoms with Crippen molar-refractivity contribution in [3.8, 4) is 0 Å². The lowest BCUT2D eigenvalue weighted by Gasteiger charge is -2.40. The van der Waals surface area contributed by atoms with E-state index in [1.165, 1.54) is 0 Å². The zero-order chi connectivity index (χ0) is 14.0. The first-order valence-corrected chi connectivity index (χ1v) is 7.30. The summed E-state index contributed by atoms with van der Waals surface area (Å²) in [6, 6.07) is 0.516. The number of likely N-dealkylation sites (N-methyl/N-ethyl adjacent to an activating group) is 2. The number of carboxylic acid groups (broad SMARTS) is 1. The van der Waals surface area contributed by atoms with Gasteiger partial charge in [-0.2, -0.15) is 0 Å². The van der Waals surface area contributed by atoms with Gasteiger partial charge in [0.2, 0.25) is 0 Å². The highest BCUT2D eigenvalue weighted by atomic mass is 16.4. The number of carboxylic acids is 1. The molecule has 1 atom stereocenters. The van der Waals surface area contributed by atoms with Crippen LogP contribution in [0.5, 0.6) is 0 Å². The summed E-state index contributed by atoms with van der Waals surface area (Å²) in [4.78, 5) is 16.3. The Kier molecular flexibility index (Phi) is 4.48. The minimum absolute atomic E-state index is 0.295. The molecule has 0 aromatic heterocycles. The van der Waals surface area contributed by atoms with Gasteiger partial charge in [-0.1, -0.05) is 0 Å². The van der Waals surface area contributed by atoms with Crippen molar-refractivity contribution in [2.75, 3.05) is 40.8 Å². The Bertz CT molecular complexity index is 325. The van der Waals surface area contributed by atoms with Crippen LogP contribution in [0.1, 0.15) is 25.7 Å². The lowest BCUT2D eigenvalue weighted by molar-refractivity contribution is -0.147. The van der Waals surface area contributed by atoms with Crippen molar-refractivity contribution in [3.05, 3.63) is 0 Å². The van der Waals surface area contributed by atoms with Gasteiger partial charge in [-0.15, -0.1) is 0 Å². The van der Waals surface area contributed by atoms with Gasteiger partial charge >= 0.3 is 5.97 Å². The number of aliphatic carboxylic acids is 1. The molecule has 0 aromatic rings. The highest BCUT2D eigenvalue weighted by Crippen LogP contribution is 2.40. The van der Waals surface area contributed by atoms with E-state index in [0.717, 1.165) is 38.8 Å². The molecule has 2 fully saturated rings. The summed E-state index contributed by atoms with van der Waals surface area (Å²) >= 11 is 0. The first-order chi connectivity index (χ1) is 8.99. The molecule has 0 radical (unpaired) electrons. The standard InChI is InChI=1S/C14H27N3O2/c1-15-14(13(18)19,11-4-5-11)10-17(3)12-6-8-16(2)9-7-12/h11-12,15H,4-10H2,1-3H3,(H,18,19). The number of hydrogen-bond donors (Lipinski definition) is 2. The average Bonchev–Trinajstić information content (AvgIpc) is 3.20. The molecule has 1 heterocycles. The Morgan fingerprint density at radius 2 is 1.95 bits per heavy atom. The Balaban J connectivity index is 1.98. The van der Waals surface area contributed by atoms with Crippen LogP contribution in [-0.4, -0.2) is 73.2 Å². The number of rotatable bonds is 6. The summed E-state index contributed by atoms with van der Waals surface area (Å²) in [6.45, 7) is 2.83. The summed E-state index contributed by atoms with van der Waals surface area (Å²) in [5.41, 5.74) is -0.752. The van der Waals surface area contributed by atoms with E-state index in [2.05, 4.69) is 29.2 Å². The van der Waals surface area contributed by atoms with Crippen molar-refractivity contribution < 1.29 is 9.90 Å². The van der Waals surface area contributed by atoms with Crippen LogP contribution in [0.2, 0.25) is 0 Å². The van der Waals surface area contributed by atoms with Gasteiger partial charge in [-0.25, -0.2) is 0 Å². The maximum Gasteiger partial charge on any atom is 0.325 e. The summed E-state index contributed by atoms with van der Waals surface area (Å²) in [5, 5.41) is 12.7. The second-order valence-electron chi connectivity index (χ2n) is 6.25. The molecular weight excluding hydrogens is 242 g/mol. The predicted molar refractivity (Wildman–Crippen MR) is 75.3 cm³/mol. The van der Waals surface area contributed by atoms with Crippen LogP contribution in [0.3, 0.4) is 0 Å². The van der Waals surface area contributed by atoms with E-state index < -0.39 is 11.5 Å². The Hall–Kier alpha value is -0.650. The smallest absolute Gasteiger partial charge is 0.325 e. The molecule has 2 aliphatic rings. The maximum atomic E-state index is 11.7. The van der Waals surface area contributed by atoms with Crippen molar-refractivity contribution >= 4 is 5.97 Å². The molecule has 110 valence electrons. The minimum Gasteiger partial charge on any atom is -0.480 e. The fourth-order valence-electron chi connectivity index (χ4n) is 3.30. The predicted octanol–water partition coefficient (Wildman–Crippen LogP) is 0.465. The van der Waals surface area contributed by atoms with Crippen molar-refractivity contribution in [2.24, 2.45) is 5.92 Å². The van der Waals surface area contributed by atoms with E-state index in [4.69, 9.17) is 0 Å². The fraction of sp³-hybridized carbons (Fsp3) is 0.929. The quantitative estimate of drug-likeness (QED) is 0.734. The first-order valence-electron chi connectivity index (χ1n) is 7.30. The topological polar surface area (TPSA) is 55.8 Å². The van der Waals surface area contributed by atoms with Crippen LogP contribution in [0.15, 0.2) is 0 Å². The van der Waals surface area contributed by atoms with Crippen molar-refractivity contribution in [1.82, 2.24) is 15.1 Å². The zero-order valence-corrected chi connectivity index (χ0v) is 12.4. The third-order valence-corrected chi connectivity index (χ3v) is 4.91. The first kappa shape index (κ1) is 14.8. The molecule has 0 bridgehead atoms. The summed E-state index contributed by atoms with van der Waals surface area (Å²) in [6.07, 6.45) is 4.34. The Morgan fingerprint density at radius 1 is 1.37 bits per heavy atom. The molecule has 5 nitrogen and oxygen atoms in total. The number of carbonyl (C=O) groups is 1. The third-order valence-electron chi connectivity index (χ3n) is 4.91. The van der Waals surface area contributed by atoms with E-state index in [9.17, 15) is 9.90 Å². The fourth-order valence-corrected chi connectivity index (χ4v) is 3.30. The second-order valence-corrected chi connectivity index (χ2v) is 6.25. The van der Waals surface area contributed by atoms with E-state index in [1.54, 1.807) is 7.05 Å². The van der Waals surface area contributed by atoms with Crippen LogP contribution in [-0.2, 0) is 4.79 Å². The van der Waals surface area contributed by atoms with E-state index in [1.807, 2.05) is 0 Å². The second kappa shape index (κ2) is 5.77. The summed E-state index contributed by atoms with van der Waals surface area (Å²) in [7, 11) is 6.01. The van der Waals surface area contributed by atoms with Crippen LogP contribution >= 0.6 is 0 Å². The molecule has 1 saturated carbocycles. The molecule has 2 N–H and O–H groups in total. The number of likely N-dealkylation sites (tertiary alicyclic amines) is 1. The Labute approximate surface area is 115 Å². The molecule has 0 amide bonds. The van der Waals surface area contributed by atoms with Crippen LogP contribution < -0.4 is 5.32 Å². The number of piperidine rings is 1. The monoisotopic (exact) mass is 269 g/mol. The molecule has 5 heteroatoms. The van der Waals surface area contributed by atoms with Crippen LogP contribution in [0.25, 0.3) is 0 Å². The van der Waals surface area contributed by atoms with Gasteiger partial charge in [0, 0.05) is 12.6 Å². The van der Waals surface area contributed by atoms with E-state index in [-0.39, 0.29) is 0 Å². The van der Waals surface area contributed by atoms with Crippen molar-refractivity contribution in [3.63, 3.8) is 0 Å². The molecule has 1 aliphatic heterocycles. The minimum atomic E-state index is -0.752. The van der Waals surface area contributed by atoms with Gasteiger partial charge in [0.25, 0.3) is 0 Å². The number of nitrogens with one attached hydrogen (secondary N) is 1. The van der Waals surface area contributed by atoms with Crippen molar-refractivity contribution in [2.45, 2.75) is 37.3 Å². The normalized spacial score (nSPS) is 25.5. The van der Waals surface area contributed by atoms with Crippen LogP contribution in [0, 0.1) is 5.92 Å². The van der Waals surface area contributed by atoms with Crippen LogP contribution in [0.4, 0.5) is 0 Å². The van der Waals surface area contributed by atoms with Gasteiger partial charge in [-0.3, -0.25) is 4.79 Å². The van der Waals surface area contributed by atoms with Crippen molar-refractivity contribution in [1.29, 1.82) is 0 Å². The molecule has 1 unspecified atom stereocenters. The largest absolute Gasteiger partial charge is 0.480 e. The summed E-state index contributed by atoms with van der Waals surface area (Å²) < 4.78 is 0. The molecule has 2 rings (SSSR count). The molecule has 1 saturated heterocycles. The highest BCUT2D eigenvalue weighted by Gasteiger charge is 2.51. The molecule has 19 heavy (non-hydrogen) atoms. The zero-order valence-electron chi connectivity index (χ0n) is 12.4. The Morgan fingerprint density at radius 3 is 2.37 bits per heavy atom. The molecule has 0 spiro atoms. The van der Waals surface area contributed by atoms with Gasteiger partial charge in [0.1, 0.15) is 5.54 Å². The van der Waals surface area contributed by atoms with Gasteiger partial charge in [0.15, 0.2) is 0 Å². The van der Waals surface area contributed by atoms with E-state index >= 15 is 0 Å². The van der Waals surface area contributed by atoms with Gasteiger partial charge in [0.05, 0.1) is 0 Å². The molecule has 0 aromatic carbocycles. The van der Waals surface area contributed by atoms with Gasteiger partial charge < -0.3 is 20.2 Å². The number of nitrogens with zero attached hydrogens (tertiary/aromatic N) is 2. The molecular formula is C14H27N3O2. The number of hydrogen-bond acceptors (Lipinski definition) is 4. The average molecular weight is 269 g/mol. The SMILES string of the molecule is CNC(CN(C)C1CCN(C)CC1)(C(=O)O)C1CC1. The molecule has 1 aliphatic carbocycles. The van der Waals surface area contributed by atoms with E-state index in [0.29, 0.717) is 18.5 Å². The maximum absolute atomic E-state index is 11.7.